The molecule has 23 heavy (non-hydrogen) atoms. The minimum absolute atomic E-state index is 0.0739. The van der Waals surface area contributed by atoms with Crippen LogP contribution in [0, 0.1) is 11.3 Å². The topological polar surface area (TPSA) is 73.2 Å². The normalized spacial score (nSPS) is 21.3. The lowest BCUT2D eigenvalue weighted by Crippen LogP contribution is -2.33. The number of thioether (sulfide) groups is 1. The van der Waals surface area contributed by atoms with Gasteiger partial charge in [-0.15, -0.1) is 11.3 Å². The highest BCUT2D eigenvalue weighted by Gasteiger charge is 2.30. The fourth-order valence-electron chi connectivity index (χ4n) is 2.86. The summed E-state index contributed by atoms with van der Waals surface area (Å²) in [5.41, 5.74) is 0.561. The van der Waals surface area contributed by atoms with Crippen molar-refractivity contribution in [3.8, 4) is 6.07 Å². The first-order chi connectivity index (χ1) is 11.2. The average Bonchev–Trinajstić information content (AvgIpc) is 3.24. The van der Waals surface area contributed by atoms with E-state index in [1.54, 1.807) is 11.3 Å². The van der Waals surface area contributed by atoms with Gasteiger partial charge in [-0.25, -0.2) is 0 Å². The van der Waals surface area contributed by atoms with Gasteiger partial charge in [-0.3, -0.25) is 9.59 Å². The van der Waals surface area contributed by atoms with Gasteiger partial charge in [0.25, 0.3) is 0 Å². The molecule has 5 nitrogen and oxygen atoms in total. The van der Waals surface area contributed by atoms with Crippen LogP contribution < -0.4 is 5.32 Å². The lowest BCUT2D eigenvalue weighted by atomic mass is 9.93. The van der Waals surface area contributed by atoms with Crippen LogP contribution in [0.5, 0.6) is 0 Å². The van der Waals surface area contributed by atoms with E-state index < -0.39 is 0 Å². The van der Waals surface area contributed by atoms with Crippen molar-refractivity contribution in [1.82, 2.24) is 10.2 Å². The van der Waals surface area contributed by atoms with E-state index in [-0.39, 0.29) is 29.9 Å². The highest BCUT2D eigenvalue weighted by atomic mass is 32.2. The Morgan fingerprint density at radius 2 is 2.26 bits per heavy atom. The van der Waals surface area contributed by atoms with Gasteiger partial charge in [0.2, 0.25) is 11.8 Å². The summed E-state index contributed by atoms with van der Waals surface area (Å²) < 4.78 is 0. The van der Waals surface area contributed by atoms with Crippen LogP contribution in [-0.4, -0.2) is 35.6 Å². The van der Waals surface area contributed by atoms with Crippen LogP contribution in [0.25, 0.3) is 0 Å². The number of rotatable bonds is 4. The minimum Gasteiger partial charge on any atom is -0.342 e. The van der Waals surface area contributed by atoms with Gasteiger partial charge in [-0.2, -0.15) is 5.26 Å². The summed E-state index contributed by atoms with van der Waals surface area (Å²) in [7, 11) is 0. The van der Waals surface area contributed by atoms with Crippen molar-refractivity contribution in [2.45, 2.75) is 25.2 Å². The molecule has 3 rings (SSSR count). The number of hydrogen-bond acceptors (Lipinski definition) is 5. The van der Waals surface area contributed by atoms with Gasteiger partial charge in [-0.05, 0) is 24.3 Å². The maximum absolute atomic E-state index is 12.2. The fourth-order valence-corrected chi connectivity index (χ4v) is 4.67. The van der Waals surface area contributed by atoms with E-state index >= 15 is 0 Å². The van der Waals surface area contributed by atoms with E-state index in [4.69, 9.17) is 0 Å². The molecule has 0 bridgehead atoms. The van der Waals surface area contributed by atoms with Crippen LogP contribution in [0.4, 0.5) is 0 Å². The lowest BCUT2D eigenvalue weighted by Gasteiger charge is -2.24. The Balaban J connectivity index is 1.75. The molecule has 0 radical (unpaired) electrons. The second kappa shape index (κ2) is 7.20. The third-order valence-electron chi connectivity index (χ3n) is 4.04. The number of nitrogens with one attached hydrogen (secondary N) is 1. The van der Waals surface area contributed by atoms with Gasteiger partial charge in [0.1, 0.15) is 0 Å². The largest absolute Gasteiger partial charge is 0.342 e. The molecule has 7 heteroatoms. The number of nitrogens with zero attached hydrogens (tertiary/aromatic N) is 2. The highest BCUT2D eigenvalue weighted by Crippen LogP contribution is 2.37. The predicted octanol–water partition coefficient (Wildman–Crippen LogP) is 2.44. The number of likely N-dealkylation sites (tertiary alicyclic amines) is 1. The van der Waals surface area contributed by atoms with Gasteiger partial charge >= 0.3 is 0 Å². The summed E-state index contributed by atoms with van der Waals surface area (Å²) in [5, 5.41) is 14.8. The molecular formula is C16H17N3O2S2. The molecule has 1 fully saturated rings. The van der Waals surface area contributed by atoms with Gasteiger partial charge in [0.15, 0.2) is 0 Å². The molecule has 2 amide bonds. The number of hydrogen-bond donors (Lipinski definition) is 1. The maximum atomic E-state index is 12.2. The number of carbonyl (C=O) groups is 2. The predicted molar refractivity (Wildman–Crippen MR) is 90.7 cm³/mol. The molecule has 1 N–H and O–H groups in total. The first kappa shape index (κ1) is 16.1. The van der Waals surface area contributed by atoms with Gasteiger partial charge in [-0.1, -0.05) is 17.8 Å². The fraction of sp³-hybridized carbons (Fsp3) is 0.438. The molecule has 1 aromatic rings. The first-order valence-corrected chi connectivity index (χ1v) is 9.43. The summed E-state index contributed by atoms with van der Waals surface area (Å²) in [4.78, 5) is 27.0. The van der Waals surface area contributed by atoms with Crippen molar-refractivity contribution >= 4 is 34.9 Å². The zero-order chi connectivity index (χ0) is 16.2. The Hall–Kier alpha value is -1.78. The second-order valence-electron chi connectivity index (χ2n) is 5.55. The molecule has 1 atom stereocenters. The van der Waals surface area contributed by atoms with E-state index in [1.165, 1.54) is 11.8 Å². The van der Waals surface area contributed by atoms with Crippen molar-refractivity contribution in [3.63, 3.8) is 0 Å². The third-order valence-corrected chi connectivity index (χ3v) is 6.03. The van der Waals surface area contributed by atoms with Crippen LogP contribution in [0.15, 0.2) is 28.1 Å². The van der Waals surface area contributed by atoms with E-state index in [2.05, 4.69) is 11.4 Å². The summed E-state index contributed by atoms with van der Waals surface area (Å²) >= 11 is 2.82. The Kier molecular flexibility index (Phi) is 5.03. The smallest absolute Gasteiger partial charge is 0.232 e. The Morgan fingerprint density at radius 1 is 1.48 bits per heavy atom. The van der Waals surface area contributed by atoms with Crippen molar-refractivity contribution in [2.24, 2.45) is 0 Å². The van der Waals surface area contributed by atoms with Crippen LogP contribution in [0.3, 0.4) is 0 Å². The molecule has 1 aromatic heterocycles. The Labute approximate surface area is 143 Å². The number of amides is 2. The zero-order valence-corrected chi connectivity index (χ0v) is 14.2. The molecule has 1 saturated heterocycles. The van der Waals surface area contributed by atoms with Crippen molar-refractivity contribution < 1.29 is 9.59 Å². The van der Waals surface area contributed by atoms with Gasteiger partial charge in [0, 0.05) is 30.3 Å². The minimum atomic E-state index is -0.196. The van der Waals surface area contributed by atoms with Crippen molar-refractivity contribution in [2.75, 3.05) is 18.8 Å². The van der Waals surface area contributed by atoms with Crippen LogP contribution in [-0.2, 0) is 9.59 Å². The SMILES string of the molecule is N#CC1=C(SCC(=O)N2CCCC2)NC(=O)C[C@@H]1c1cccs1. The van der Waals surface area contributed by atoms with Crippen molar-refractivity contribution in [1.29, 1.82) is 5.26 Å². The average molecular weight is 347 g/mol. The summed E-state index contributed by atoms with van der Waals surface area (Å²) in [6, 6.07) is 6.10. The standard InChI is InChI=1S/C16H17N3O2S2/c17-9-12-11(13-4-3-7-22-13)8-14(20)18-16(12)23-10-15(21)19-5-1-2-6-19/h3-4,7,11H,1-2,5-6,8,10H2,(H,18,20)/t11-/m0/s1. The molecule has 0 aliphatic carbocycles. The summed E-state index contributed by atoms with van der Waals surface area (Å²) in [6.45, 7) is 1.63. The molecule has 3 heterocycles. The molecule has 0 aromatic carbocycles. The number of allylic oxidation sites excluding steroid dienone is 1. The second-order valence-corrected chi connectivity index (χ2v) is 7.52. The Bertz CT molecular complexity index is 670. The van der Waals surface area contributed by atoms with E-state index in [1.807, 2.05) is 22.4 Å². The zero-order valence-electron chi connectivity index (χ0n) is 12.6. The molecular weight excluding hydrogens is 330 g/mol. The monoisotopic (exact) mass is 347 g/mol. The van der Waals surface area contributed by atoms with Crippen LogP contribution >= 0.6 is 23.1 Å². The van der Waals surface area contributed by atoms with Crippen LogP contribution in [0.1, 0.15) is 30.1 Å². The Morgan fingerprint density at radius 3 is 2.91 bits per heavy atom. The maximum Gasteiger partial charge on any atom is 0.232 e. The van der Waals surface area contributed by atoms with Crippen molar-refractivity contribution in [3.05, 3.63) is 33.0 Å². The quantitative estimate of drug-likeness (QED) is 0.908. The number of carbonyl (C=O) groups excluding carboxylic acids is 2. The third kappa shape index (κ3) is 3.59. The van der Waals surface area contributed by atoms with Gasteiger partial charge in [0.05, 0.1) is 22.4 Å². The first-order valence-electron chi connectivity index (χ1n) is 7.57. The molecule has 0 saturated carbocycles. The van der Waals surface area contributed by atoms with Gasteiger partial charge < -0.3 is 10.2 Å². The summed E-state index contributed by atoms with van der Waals surface area (Å²) in [6.07, 6.45) is 2.40. The molecule has 0 unspecified atom stereocenters. The van der Waals surface area contributed by atoms with E-state index in [0.29, 0.717) is 10.6 Å². The summed E-state index contributed by atoms with van der Waals surface area (Å²) in [5.74, 6) is 0.0410. The highest BCUT2D eigenvalue weighted by molar-refractivity contribution is 8.03. The number of nitriles is 1. The van der Waals surface area contributed by atoms with Crippen LogP contribution in [0.2, 0.25) is 0 Å². The molecule has 0 spiro atoms. The number of thiophene rings is 1. The van der Waals surface area contributed by atoms with E-state index in [0.717, 1.165) is 30.8 Å². The van der Waals surface area contributed by atoms with E-state index in [9.17, 15) is 14.9 Å². The molecule has 120 valence electrons. The molecule has 2 aliphatic heterocycles. The molecule has 2 aliphatic rings. The lowest BCUT2D eigenvalue weighted by molar-refractivity contribution is -0.127.